The lowest BCUT2D eigenvalue weighted by Crippen LogP contribution is -2.47. The van der Waals surface area contributed by atoms with Crippen LogP contribution in [0.5, 0.6) is 0 Å². The van der Waals surface area contributed by atoms with Crippen molar-refractivity contribution in [2.45, 2.75) is 37.5 Å². The first kappa shape index (κ1) is 14.9. The summed E-state index contributed by atoms with van der Waals surface area (Å²) < 4.78 is 0. The molecule has 0 spiro atoms. The minimum absolute atomic E-state index is 0.0375. The maximum Gasteiger partial charge on any atom is 0.240 e. The number of rotatable bonds is 4. The summed E-state index contributed by atoms with van der Waals surface area (Å²) >= 11 is 1.77. The zero-order valence-corrected chi connectivity index (χ0v) is 12.9. The van der Waals surface area contributed by atoms with E-state index < -0.39 is 6.10 Å². The van der Waals surface area contributed by atoms with Crippen LogP contribution in [-0.2, 0) is 4.79 Å². The smallest absolute Gasteiger partial charge is 0.240 e. The Hall–Kier alpha value is -1.04. The van der Waals surface area contributed by atoms with E-state index in [0.29, 0.717) is 6.42 Å². The highest BCUT2D eigenvalue weighted by molar-refractivity contribution is 7.99. The van der Waals surface area contributed by atoms with Gasteiger partial charge < -0.3 is 10.0 Å². The molecule has 1 aromatic carbocycles. The lowest BCUT2D eigenvalue weighted by atomic mass is 10.0. The van der Waals surface area contributed by atoms with Crippen LogP contribution in [0.1, 0.15) is 30.9 Å². The SMILES string of the molecule is O=C([C@@H]1CSCN1)N1CCC[C@@H]1C[C@@H](O)c1ccccc1. The second-order valence-electron chi connectivity index (χ2n) is 5.76. The van der Waals surface area contributed by atoms with Crippen molar-refractivity contribution in [1.29, 1.82) is 0 Å². The zero-order chi connectivity index (χ0) is 14.7. The van der Waals surface area contributed by atoms with Crippen molar-refractivity contribution in [2.24, 2.45) is 0 Å². The number of amides is 1. The van der Waals surface area contributed by atoms with E-state index in [4.69, 9.17) is 0 Å². The lowest BCUT2D eigenvalue weighted by molar-refractivity contribution is -0.133. The van der Waals surface area contributed by atoms with E-state index in [1.54, 1.807) is 11.8 Å². The van der Waals surface area contributed by atoms with Gasteiger partial charge in [0, 0.05) is 24.2 Å². The van der Waals surface area contributed by atoms with Crippen LogP contribution >= 0.6 is 11.8 Å². The Morgan fingerprint density at radius 3 is 2.95 bits per heavy atom. The van der Waals surface area contributed by atoms with E-state index in [-0.39, 0.29) is 18.0 Å². The molecule has 1 aromatic rings. The molecule has 2 saturated heterocycles. The molecule has 0 unspecified atom stereocenters. The maximum absolute atomic E-state index is 12.5. The van der Waals surface area contributed by atoms with Gasteiger partial charge in [0.05, 0.1) is 12.1 Å². The summed E-state index contributed by atoms with van der Waals surface area (Å²) in [5.41, 5.74) is 0.936. The third-order valence-electron chi connectivity index (χ3n) is 4.35. The third kappa shape index (κ3) is 3.42. The first-order chi connectivity index (χ1) is 10.3. The third-order valence-corrected chi connectivity index (χ3v) is 5.29. The van der Waals surface area contributed by atoms with E-state index in [9.17, 15) is 9.90 Å². The number of hydrogen-bond acceptors (Lipinski definition) is 4. The predicted octanol–water partition coefficient (Wildman–Crippen LogP) is 1.76. The van der Waals surface area contributed by atoms with Crippen LogP contribution in [0.15, 0.2) is 30.3 Å². The molecule has 0 aromatic heterocycles. The van der Waals surface area contributed by atoms with Gasteiger partial charge in [0.1, 0.15) is 0 Å². The highest BCUT2D eigenvalue weighted by Crippen LogP contribution is 2.28. The summed E-state index contributed by atoms with van der Waals surface area (Å²) in [6.45, 7) is 0.827. The van der Waals surface area contributed by atoms with Gasteiger partial charge in [0.15, 0.2) is 0 Å². The van der Waals surface area contributed by atoms with Crippen LogP contribution < -0.4 is 5.32 Å². The summed E-state index contributed by atoms with van der Waals surface area (Å²) in [6.07, 6.45) is 2.18. The summed E-state index contributed by atoms with van der Waals surface area (Å²) in [6, 6.07) is 9.85. The molecule has 2 heterocycles. The fourth-order valence-corrected chi connectivity index (χ4v) is 4.13. The van der Waals surface area contributed by atoms with E-state index >= 15 is 0 Å². The zero-order valence-electron chi connectivity index (χ0n) is 12.1. The Labute approximate surface area is 129 Å². The Kier molecular flexibility index (Phi) is 4.83. The van der Waals surface area contributed by atoms with Crippen LogP contribution in [0.4, 0.5) is 0 Å². The van der Waals surface area contributed by atoms with Crippen molar-refractivity contribution in [1.82, 2.24) is 10.2 Å². The van der Waals surface area contributed by atoms with Gasteiger partial charge in [-0.2, -0.15) is 0 Å². The first-order valence-electron chi connectivity index (χ1n) is 7.60. The van der Waals surface area contributed by atoms with Gasteiger partial charge in [0.2, 0.25) is 5.91 Å². The van der Waals surface area contributed by atoms with E-state index in [2.05, 4.69) is 5.32 Å². The average Bonchev–Trinajstić information content (AvgIpc) is 3.19. The fourth-order valence-electron chi connectivity index (χ4n) is 3.19. The molecule has 3 rings (SSSR count). The van der Waals surface area contributed by atoms with Crippen molar-refractivity contribution in [3.63, 3.8) is 0 Å². The molecule has 4 nitrogen and oxygen atoms in total. The van der Waals surface area contributed by atoms with E-state index in [1.165, 1.54) is 0 Å². The minimum atomic E-state index is -0.490. The standard InChI is InChI=1S/C16H22N2O2S/c19-15(12-5-2-1-3-6-12)9-13-7-4-8-18(13)16(20)14-10-21-11-17-14/h1-3,5-6,13-15,17,19H,4,7-11H2/t13-,14+,15-/m1/s1. The predicted molar refractivity (Wildman–Crippen MR) is 85.0 cm³/mol. The average molecular weight is 306 g/mol. The second kappa shape index (κ2) is 6.81. The molecule has 21 heavy (non-hydrogen) atoms. The Balaban J connectivity index is 1.62. The number of likely N-dealkylation sites (tertiary alicyclic amines) is 1. The number of aliphatic hydroxyl groups excluding tert-OH is 1. The molecule has 0 bridgehead atoms. The lowest BCUT2D eigenvalue weighted by Gasteiger charge is -2.28. The molecule has 2 N–H and O–H groups in total. The molecule has 0 radical (unpaired) electrons. The number of hydrogen-bond donors (Lipinski definition) is 2. The number of thioether (sulfide) groups is 1. The van der Waals surface area contributed by atoms with Gasteiger partial charge in [0.25, 0.3) is 0 Å². The molecule has 1 amide bonds. The van der Waals surface area contributed by atoms with Gasteiger partial charge >= 0.3 is 0 Å². The van der Waals surface area contributed by atoms with Gasteiger partial charge in [-0.1, -0.05) is 30.3 Å². The quantitative estimate of drug-likeness (QED) is 0.890. The number of carbonyl (C=O) groups excluding carboxylic acids is 1. The largest absolute Gasteiger partial charge is 0.388 e. The molecule has 0 aliphatic carbocycles. The van der Waals surface area contributed by atoms with Crippen molar-refractivity contribution in [2.75, 3.05) is 18.2 Å². The van der Waals surface area contributed by atoms with Crippen LogP contribution in [0, 0.1) is 0 Å². The van der Waals surface area contributed by atoms with Crippen LogP contribution in [0.25, 0.3) is 0 Å². The number of benzene rings is 1. The highest BCUT2D eigenvalue weighted by atomic mass is 32.2. The van der Waals surface area contributed by atoms with Crippen LogP contribution in [-0.4, -0.2) is 46.2 Å². The number of nitrogens with one attached hydrogen (secondary N) is 1. The molecule has 2 fully saturated rings. The number of carbonyl (C=O) groups is 1. The van der Waals surface area contributed by atoms with Gasteiger partial charge in [-0.25, -0.2) is 0 Å². The fraction of sp³-hybridized carbons (Fsp3) is 0.562. The van der Waals surface area contributed by atoms with Crippen LogP contribution in [0.3, 0.4) is 0 Å². The van der Waals surface area contributed by atoms with Gasteiger partial charge in [-0.3, -0.25) is 10.1 Å². The molecule has 2 aliphatic rings. The Morgan fingerprint density at radius 1 is 1.43 bits per heavy atom. The Morgan fingerprint density at radius 2 is 2.24 bits per heavy atom. The van der Waals surface area contributed by atoms with Crippen molar-refractivity contribution < 1.29 is 9.90 Å². The maximum atomic E-state index is 12.5. The molecular formula is C16H22N2O2S. The Bertz CT molecular complexity index is 476. The van der Waals surface area contributed by atoms with E-state index in [0.717, 1.165) is 36.6 Å². The number of aliphatic hydroxyl groups is 1. The molecule has 114 valence electrons. The minimum Gasteiger partial charge on any atom is -0.388 e. The molecule has 5 heteroatoms. The van der Waals surface area contributed by atoms with Crippen LogP contribution in [0.2, 0.25) is 0 Å². The van der Waals surface area contributed by atoms with Gasteiger partial charge in [-0.05, 0) is 24.8 Å². The van der Waals surface area contributed by atoms with Crippen molar-refractivity contribution in [3.8, 4) is 0 Å². The summed E-state index contributed by atoms with van der Waals surface area (Å²) in [5, 5.41) is 13.6. The molecule has 2 aliphatic heterocycles. The summed E-state index contributed by atoms with van der Waals surface area (Å²) in [4.78, 5) is 14.5. The topological polar surface area (TPSA) is 52.6 Å². The second-order valence-corrected chi connectivity index (χ2v) is 6.79. The molecular weight excluding hydrogens is 284 g/mol. The van der Waals surface area contributed by atoms with Crippen molar-refractivity contribution >= 4 is 17.7 Å². The summed E-state index contributed by atoms with van der Waals surface area (Å²) in [7, 11) is 0. The first-order valence-corrected chi connectivity index (χ1v) is 8.76. The van der Waals surface area contributed by atoms with E-state index in [1.807, 2.05) is 35.2 Å². The number of nitrogens with zero attached hydrogens (tertiary/aromatic N) is 1. The summed E-state index contributed by atoms with van der Waals surface area (Å²) in [5.74, 6) is 1.94. The van der Waals surface area contributed by atoms with Gasteiger partial charge in [-0.15, -0.1) is 11.8 Å². The highest BCUT2D eigenvalue weighted by Gasteiger charge is 2.35. The molecule has 3 atom stereocenters. The molecule has 0 saturated carbocycles. The normalized spacial score (nSPS) is 27.0. The monoisotopic (exact) mass is 306 g/mol. The van der Waals surface area contributed by atoms with Crippen molar-refractivity contribution in [3.05, 3.63) is 35.9 Å².